The molecule has 0 radical (unpaired) electrons. The van der Waals surface area contributed by atoms with Crippen LogP contribution in [-0.2, 0) is 113 Å². The number of esters is 4. The van der Waals surface area contributed by atoms with Gasteiger partial charge in [0.2, 0.25) is 5.91 Å². The van der Waals surface area contributed by atoms with Crippen molar-refractivity contribution in [3.8, 4) is 11.5 Å². The molecule has 4 rings (SSSR count). The molecule has 0 aliphatic carbocycles. The average Bonchev–Trinajstić information content (AvgIpc) is 1.69. The molecule has 2 aliphatic heterocycles. The fraction of sp³-hybridized carbons (Fsp3) is 0.742. The summed E-state index contributed by atoms with van der Waals surface area (Å²) in [5, 5.41) is 64.0. The topological polar surface area (TPSA) is 484 Å². The minimum Gasteiger partial charge on any atom is -1.00 e. The molecule has 2 aliphatic rings. The Morgan fingerprint density at radius 2 is 0.883 bits per heavy atom. The van der Waals surface area contributed by atoms with Crippen molar-refractivity contribution in [1.82, 2.24) is 10.2 Å². The fourth-order valence-corrected chi connectivity index (χ4v) is 13.3. The Hall–Kier alpha value is -4.39. The number of ether oxygens (including phenoxy) is 9. The molecule has 2 fully saturated rings. The van der Waals surface area contributed by atoms with Crippen LogP contribution in [0.25, 0.3) is 0 Å². The normalized spacial score (nSPS) is 12.3. The summed E-state index contributed by atoms with van der Waals surface area (Å²) < 4.78 is 71.6. The number of phenols is 1. The summed E-state index contributed by atoms with van der Waals surface area (Å²) >= 11 is 13.3. The number of amides is 1. The number of nitrogens with zero attached hydrogens (tertiary/aromatic N) is 1. The number of hydrogen-bond acceptors (Lipinski definition) is 31. The van der Waals surface area contributed by atoms with E-state index in [0.717, 1.165) is 173 Å². The third kappa shape index (κ3) is 79.0. The molecule has 0 aromatic heterocycles. The summed E-state index contributed by atoms with van der Waals surface area (Å²) in [6, 6.07) is 13.4. The Morgan fingerprint density at radius 1 is 0.500 bits per heavy atom. The number of aliphatic hydroxyl groups excluding tert-OH is 3. The first-order valence-electron chi connectivity index (χ1n) is 43.4. The van der Waals surface area contributed by atoms with Crippen LogP contribution >= 0.6 is 48.0 Å². The van der Waals surface area contributed by atoms with E-state index in [2.05, 4.69) is 37.2 Å². The molecule has 0 spiro atoms. The summed E-state index contributed by atoms with van der Waals surface area (Å²) in [5.41, 5.74) is -1.30. The largest absolute Gasteiger partial charge is 1.00 e. The Bertz CT molecular complexity index is 3100. The van der Waals surface area contributed by atoms with Crippen LogP contribution in [0.3, 0.4) is 0 Å². The smallest absolute Gasteiger partial charge is 1.00 e. The standard InChI is InChI=1S/C16H24O4.C14H26O5.C12H21NO2S2.C10H18O5.C10H20O2.C9H18O3.C7H8O2.C4H10O3S.C3H5NS2.C3H8O.CO2.2Na.H2O.H/c1-3-4-5-14(10-11-19-2)16(18)20-15-8-6-13(12-17)7-9-15;1-5-8-9-14(10-11-17-4,12(15)18-6-2)13(16)19-7-3;1-3-4-5-10(6-8-15-2)11(14)13-7-9-17-12(13)16;1-3-4-5-10(8(11)12,9(13)14)6-7-15-2;1-4-7-8-9(5-2)10(11)12-6-3;1-3-4-5-8(9(10)11)6-7-12-2;8-5-6-1-3-7(9)4-2-6;1-3-4-7-8(2,5)6;5-3-4-1-2-6-3;1-2-3-4;2-1-3;;;;/h6-9,14,17H,3-5,10-12H2,1-2H3;5-11H2,1-4H3;10H,3-9H2,1-2H3;3-7H2,1-2H3,(H,11,12)(H,13,14);9H,4-8H2,1-3H3;8H,3-7H2,1-2H3,(H,10,11);1-4,8-9H,5H2;3-4H2,1-2H3;1-2H2,(H,4,5);4H,2-3H2,1H3;;;;1H2;/q;;;;;;;;;;;2*+1;;-1/p-1. The molecule has 0 saturated carbocycles. The van der Waals surface area contributed by atoms with E-state index in [1.807, 2.05) is 41.5 Å². The number of carbonyl (C=O) groups is 8. The van der Waals surface area contributed by atoms with Crippen LogP contribution in [0.1, 0.15) is 263 Å². The van der Waals surface area contributed by atoms with E-state index in [-0.39, 0.29) is 165 Å². The van der Waals surface area contributed by atoms with Gasteiger partial charge in [0.1, 0.15) is 20.1 Å². The number of thiocarbonyl (C=S) groups is 2. The van der Waals surface area contributed by atoms with Crippen LogP contribution in [0.4, 0.5) is 0 Å². The molecule has 2 aromatic rings. The van der Waals surface area contributed by atoms with Crippen LogP contribution in [0.15, 0.2) is 48.5 Å². The molecule has 32 nitrogen and oxygen atoms in total. The molecule has 128 heavy (non-hydrogen) atoms. The Kier molecular flexibility index (Phi) is 113. The number of aromatic hydroxyl groups is 1. The van der Waals surface area contributed by atoms with Gasteiger partial charge in [0.25, 0.3) is 10.1 Å². The molecule has 1 amide bonds. The summed E-state index contributed by atoms with van der Waals surface area (Å²) in [5.74, 6) is -1.56. The van der Waals surface area contributed by atoms with Gasteiger partial charge >= 0.3 is 107 Å². The zero-order valence-electron chi connectivity index (χ0n) is 81.7. The van der Waals surface area contributed by atoms with Gasteiger partial charge < -0.3 is 90.6 Å². The molecule has 9 N–H and O–H groups in total. The molecule has 2 heterocycles. The van der Waals surface area contributed by atoms with Crippen LogP contribution in [0.5, 0.6) is 11.5 Å². The van der Waals surface area contributed by atoms with Gasteiger partial charge in [-0.1, -0.05) is 212 Å². The SMILES string of the molecule is CCCCC(CC)C(=O)OCC.CCCCC(CCOC)(C(=O)O)C(=O)O.CCCCC(CCOC)(C(=O)OCC)C(=O)OCC.CCCCC(CCOC)C(=O)N1CCSC1=S.CCCCC(CCOC)C(=O)O.CCCCC(CCOC)C(=O)Oc1ccc(CO)cc1.CCCO.CCCOS(C)(=O)=O.O=C=O.OCc1ccc(O)cc1.S=C1NCCS1.[H-].[Na+].[Na+].[OH-]. The van der Waals surface area contributed by atoms with Crippen molar-refractivity contribution in [3.63, 3.8) is 0 Å². The summed E-state index contributed by atoms with van der Waals surface area (Å²) in [6.07, 6.45) is 21.9. The number of carboxylic acids is 3. The van der Waals surface area contributed by atoms with Gasteiger partial charge in [0, 0.05) is 106 Å². The van der Waals surface area contributed by atoms with Crippen LogP contribution < -0.4 is 69.2 Å². The van der Waals surface area contributed by atoms with Gasteiger partial charge in [-0.2, -0.15) is 18.0 Å². The number of nitrogens with one attached hydrogen (secondary N) is 1. The molecule has 4 atom stereocenters. The number of hydrogen-bond donors (Lipinski definition) is 8. The Morgan fingerprint density at radius 3 is 1.20 bits per heavy atom. The molecular weight excluding hydrogens is 1780 g/mol. The summed E-state index contributed by atoms with van der Waals surface area (Å²) in [7, 11) is 4.69. The van der Waals surface area contributed by atoms with E-state index in [1.165, 1.54) is 7.11 Å². The van der Waals surface area contributed by atoms with Gasteiger partial charge in [0.15, 0.2) is 10.8 Å². The third-order valence-electron chi connectivity index (χ3n) is 18.1. The van der Waals surface area contributed by atoms with Crippen molar-refractivity contribution in [3.05, 3.63) is 59.7 Å². The number of rotatable bonds is 52. The number of aliphatic hydroxyl groups is 3. The molecule has 4 unspecified atom stereocenters. The van der Waals surface area contributed by atoms with Gasteiger partial charge in [-0.15, -0.1) is 0 Å². The minimum atomic E-state index is -3.19. The zero-order valence-corrected chi connectivity index (χ0v) is 88.8. The number of methoxy groups -OCH3 is 5. The van der Waals surface area contributed by atoms with Crippen molar-refractivity contribution < 1.29 is 205 Å². The average molecular weight is 1940 g/mol. The maximum absolute atomic E-state index is 12.3. The monoisotopic (exact) mass is 1940 g/mol. The number of carboxylic acid groups (broad SMARTS) is 3. The molecule has 0 bridgehead atoms. The van der Waals surface area contributed by atoms with Gasteiger partial charge in [-0.25, -0.2) is 0 Å². The van der Waals surface area contributed by atoms with E-state index >= 15 is 0 Å². The fourth-order valence-electron chi connectivity index (χ4n) is 10.7. The number of phenolic OH excluding ortho intramolecular Hbond substituents is 1. The predicted molar refractivity (Wildman–Crippen MR) is 500 cm³/mol. The van der Waals surface area contributed by atoms with E-state index in [4.69, 9.17) is 112 Å². The number of benzene rings is 2. The molecule has 2 saturated heterocycles. The van der Waals surface area contributed by atoms with Crippen LogP contribution in [0, 0.1) is 34.5 Å². The predicted octanol–water partition coefficient (Wildman–Crippen LogP) is 9.60. The minimum absolute atomic E-state index is 0. The number of thioether (sulfide) groups is 2. The molecule has 39 heteroatoms. The third-order valence-corrected chi connectivity index (χ3v) is 21.4. The van der Waals surface area contributed by atoms with Crippen LogP contribution in [0.2, 0.25) is 0 Å². The number of unbranched alkanes of at least 4 members (excludes halogenated alkanes) is 6. The van der Waals surface area contributed by atoms with E-state index in [9.17, 15) is 46.8 Å². The van der Waals surface area contributed by atoms with Crippen molar-refractivity contribution in [2.24, 2.45) is 34.5 Å². The Balaban J connectivity index is -0.000000135. The second kappa shape index (κ2) is 100. The summed E-state index contributed by atoms with van der Waals surface area (Å²) in [4.78, 5) is 111. The van der Waals surface area contributed by atoms with Crippen molar-refractivity contribution in [2.45, 2.75) is 263 Å². The quantitative estimate of drug-likeness (QED) is 0.00581. The first-order chi connectivity index (χ1) is 59.6. The second-order valence-corrected chi connectivity index (χ2v) is 33.3. The van der Waals surface area contributed by atoms with Gasteiger partial charge in [-0.3, -0.25) is 47.4 Å². The first kappa shape index (κ1) is 144. The van der Waals surface area contributed by atoms with Crippen molar-refractivity contribution in [2.75, 3.05) is 132 Å². The molecule has 2 aromatic carbocycles. The van der Waals surface area contributed by atoms with E-state index < -0.39 is 50.8 Å². The molecule has 738 valence electrons. The molecular formula is C89H160N2Na2O30S5. The maximum Gasteiger partial charge on any atom is 1.00 e. The summed E-state index contributed by atoms with van der Waals surface area (Å²) in [6.45, 7) is 29.2. The van der Waals surface area contributed by atoms with E-state index in [0.29, 0.717) is 84.1 Å². The first-order valence-corrected chi connectivity index (χ1v) is 48.0. The van der Waals surface area contributed by atoms with Crippen molar-refractivity contribution >= 4 is 121 Å². The van der Waals surface area contributed by atoms with Crippen LogP contribution in [-0.4, -0.2) is 249 Å². The Labute approximate surface area is 830 Å². The zero-order chi connectivity index (χ0) is 96.7. The second-order valence-electron chi connectivity index (χ2n) is 28.2. The van der Waals surface area contributed by atoms with E-state index in [1.54, 1.807) is 119 Å². The van der Waals surface area contributed by atoms with Gasteiger partial charge in [-0.05, 0) is 146 Å². The van der Waals surface area contributed by atoms with Gasteiger partial charge in [0.05, 0.1) is 63.7 Å². The number of carbonyl (C=O) groups excluding carboxylic acids is 7. The maximum atomic E-state index is 12.3. The number of aliphatic carboxylic acids is 3. The van der Waals surface area contributed by atoms with Crippen molar-refractivity contribution in [1.29, 1.82) is 0 Å².